The summed E-state index contributed by atoms with van der Waals surface area (Å²) in [5.74, 6) is -2.88. The molecule has 5 heterocycles. The van der Waals surface area contributed by atoms with E-state index in [4.69, 9.17) is 5.73 Å². The van der Waals surface area contributed by atoms with Crippen LogP contribution in [0.25, 0.3) is 0 Å². The number of nitrogens with two attached hydrogens (primary N) is 1. The summed E-state index contributed by atoms with van der Waals surface area (Å²) in [7, 11) is 0. The highest BCUT2D eigenvalue weighted by Gasteiger charge is 2.54. The Morgan fingerprint density at radius 2 is 2.17 bits per heavy atom. The number of β-lactam (4-membered cyclic amide) rings is 1. The van der Waals surface area contributed by atoms with Crippen LogP contribution in [0.15, 0.2) is 28.1 Å². The molecule has 0 radical (unpaired) electrons. The second-order valence-corrected chi connectivity index (χ2v) is 10.5. The molecule has 4 unspecified atom stereocenters. The molecule has 190 valence electrons. The Morgan fingerprint density at radius 3 is 2.81 bits per heavy atom. The highest BCUT2D eigenvalue weighted by molar-refractivity contribution is 8.00. The Hall–Kier alpha value is -3.37. The fraction of sp³-hybridized carbons (Fsp3) is 0.500. The number of carbonyl (C=O) groups excluding carboxylic acids is 3. The van der Waals surface area contributed by atoms with Crippen LogP contribution < -0.4 is 16.4 Å². The molecule has 4 aliphatic heterocycles. The first kappa shape index (κ1) is 24.3. The van der Waals surface area contributed by atoms with E-state index in [9.17, 15) is 29.2 Å². The summed E-state index contributed by atoms with van der Waals surface area (Å²) in [5, 5.41) is 17.7. The lowest BCUT2D eigenvalue weighted by Crippen LogP contribution is -2.70. The quantitative estimate of drug-likeness (QED) is 0.194. The van der Waals surface area contributed by atoms with Gasteiger partial charge in [0.25, 0.3) is 11.8 Å². The van der Waals surface area contributed by atoms with Crippen LogP contribution in [0.1, 0.15) is 24.7 Å². The fourth-order valence-electron chi connectivity index (χ4n) is 4.79. The van der Waals surface area contributed by atoms with Gasteiger partial charge in [0.2, 0.25) is 11.9 Å². The first-order chi connectivity index (χ1) is 17.3. The van der Waals surface area contributed by atoms with Crippen molar-refractivity contribution in [3.8, 4) is 0 Å². The maximum absolute atomic E-state index is 12.9. The number of nitroso groups, excluding NO2 is 1. The molecule has 3 amide bonds. The average molecular weight is 535 g/mol. The van der Waals surface area contributed by atoms with Gasteiger partial charge < -0.3 is 26.4 Å². The topological polar surface area (TPSA) is 200 Å². The maximum atomic E-state index is 12.9. The minimum Gasteiger partial charge on any atom is -0.477 e. The van der Waals surface area contributed by atoms with Crippen molar-refractivity contribution in [2.24, 2.45) is 5.18 Å². The van der Waals surface area contributed by atoms with E-state index in [0.717, 1.165) is 35.9 Å². The number of nitrogen functional groups attached to an aromatic ring is 1. The second-order valence-electron chi connectivity index (χ2n) is 8.64. The molecule has 14 nitrogen and oxygen atoms in total. The molecule has 0 aromatic carbocycles. The number of allylic oxidation sites excluding steroid dienone is 1. The van der Waals surface area contributed by atoms with Crippen molar-refractivity contribution in [2.75, 3.05) is 31.1 Å². The van der Waals surface area contributed by atoms with Crippen molar-refractivity contribution in [1.29, 1.82) is 0 Å². The van der Waals surface area contributed by atoms with Crippen LogP contribution in [0.3, 0.4) is 0 Å². The summed E-state index contributed by atoms with van der Waals surface area (Å²) in [6.07, 6.45) is 2.96. The predicted octanol–water partition coefficient (Wildman–Crippen LogP) is -0.813. The van der Waals surface area contributed by atoms with Crippen LogP contribution in [-0.2, 0) is 19.2 Å². The number of carboxylic acids is 1. The van der Waals surface area contributed by atoms with Gasteiger partial charge in [0.1, 0.15) is 17.1 Å². The lowest BCUT2D eigenvalue weighted by Gasteiger charge is -2.49. The molecule has 4 atom stereocenters. The van der Waals surface area contributed by atoms with Gasteiger partial charge >= 0.3 is 5.97 Å². The van der Waals surface area contributed by atoms with Crippen molar-refractivity contribution >= 4 is 52.1 Å². The van der Waals surface area contributed by atoms with Gasteiger partial charge in [0.05, 0.1) is 0 Å². The zero-order valence-electron chi connectivity index (χ0n) is 18.7. The molecule has 3 fully saturated rings. The van der Waals surface area contributed by atoms with Crippen LogP contribution in [0.2, 0.25) is 0 Å². The zero-order valence-corrected chi connectivity index (χ0v) is 20.4. The van der Waals surface area contributed by atoms with Crippen LogP contribution >= 0.6 is 23.3 Å². The predicted molar refractivity (Wildman–Crippen MR) is 128 cm³/mol. The number of aromatic nitrogens is 2. The Morgan fingerprint density at radius 1 is 1.36 bits per heavy atom. The number of nitrogens with one attached hydrogen (secondary N) is 2. The third kappa shape index (κ3) is 4.14. The molecule has 0 saturated carbocycles. The van der Waals surface area contributed by atoms with Gasteiger partial charge in [-0.15, -0.1) is 16.7 Å². The highest BCUT2D eigenvalue weighted by atomic mass is 32.2. The molecule has 16 heteroatoms. The fourth-order valence-corrected chi connectivity index (χ4v) is 6.56. The number of aliphatic carboxylic acids is 1. The monoisotopic (exact) mass is 534 g/mol. The highest BCUT2D eigenvalue weighted by Crippen LogP contribution is 2.41. The molecule has 5 N–H and O–H groups in total. The van der Waals surface area contributed by atoms with E-state index in [1.807, 2.05) is 4.90 Å². The smallest absolute Gasteiger partial charge is 0.352 e. The van der Waals surface area contributed by atoms with Crippen LogP contribution in [0.5, 0.6) is 0 Å². The number of carbonyl (C=O) groups is 4. The van der Waals surface area contributed by atoms with E-state index in [0.29, 0.717) is 24.1 Å². The lowest BCUT2D eigenvalue weighted by molar-refractivity contribution is -0.150. The molecule has 4 aliphatic rings. The zero-order chi connectivity index (χ0) is 25.6. The number of likely N-dealkylation sites (tertiary alicyclic amines) is 1. The number of hydrogen-bond donors (Lipinski definition) is 4. The number of nitrogens with zero attached hydrogens (tertiary/aromatic N) is 5. The van der Waals surface area contributed by atoms with E-state index in [1.54, 1.807) is 6.08 Å². The van der Waals surface area contributed by atoms with E-state index in [2.05, 4.69) is 25.2 Å². The summed E-state index contributed by atoms with van der Waals surface area (Å²) in [6, 6.07) is -2.51. The third-order valence-electron chi connectivity index (χ3n) is 6.54. The number of amides is 3. The van der Waals surface area contributed by atoms with Gasteiger partial charge in [-0.3, -0.25) is 19.3 Å². The lowest BCUT2D eigenvalue weighted by atomic mass is 10.0. The minimum atomic E-state index is -1.59. The minimum absolute atomic E-state index is 0.0573. The molecule has 1 aromatic rings. The van der Waals surface area contributed by atoms with Crippen LogP contribution in [-0.4, -0.2) is 90.8 Å². The average Bonchev–Trinajstić information content (AvgIpc) is 3.60. The van der Waals surface area contributed by atoms with E-state index in [1.165, 1.54) is 11.8 Å². The number of rotatable bonds is 7. The Kier molecular flexibility index (Phi) is 6.48. The van der Waals surface area contributed by atoms with E-state index < -0.39 is 35.2 Å². The summed E-state index contributed by atoms with van der Waals surface area (Å²) in [6.45, 7) is 2.17. The molecule has 5 rings (SSSR count). The van der Waals surface area contributed by atoms with Gasteiger partial charge in [-0.25, -0.2) is 9.78 Å². The number of thioether (sulfide) groups is 1. The van der Waals surface area contributed by atoms with Gasteiger partial charge in [-0.1, -0.05) is 0 Å². The summed E-state index contributed by atoms with van der Waals surface area (Å²) < 4.78 is 3.81. The normalized spacial score (nSPS) is 27.8. The number of carboxylic acid groups (broad SMARTS) is 1. The standard InChI is InChI=1S/C20H22N8O6S2/c21-20-24-14(26-36-20)11(25-34)15(29)23-12-17(31)28-13(19(32)33)9(7-35-18(12)28)5-8-2-4-27(16(8)30)10-1-3-22-6-10/h5,10-12,18,22H,1-4,6-7H2,(H,23,29)(H,32,33)(H2,21,24,26). The molecule has 36 heavy (non-hydrogen) atoms. The third-order valence-corrected chi connectivity index (χ3v) is 8.39. The first-order valence-electron chi connectivity index (χ1n) is 11.2. The number of hydrogen-bond acceptors (Lipinski definition) is 12. The maximum Gasteiger partial charge on any atom is 0.352 e. The van der Waals surface area contributed by atoms with Gasteiger partial charge in [0.15, 0.2) is 11.0 Å². The summed E-state index contributed by atoms with van der Waals surface area (Å²) in [4.78, 5) is 68.5. The summed E-state index contributed by atoms with van der Waals surface area (Å²) >= 11 is 2.06. The Bertz CT molecular complexity index is 1210. The molecule has 1 aromatic heterocycles. The number of anilines is 1. The van der Waals surface area contributed by atoms with E-state index >= 15 is 0 Å². The molecular formula is C20H22N8O6S2. The van der Waals surface area contributed by atoms with E-state index in [-0.39, 0.29) is 34.4 Å². The molecule has 0 bridgehead atoms. The molecule has 3 saturated heterocycles. The van der Waals surface area contributed by atoms with Crippen molar-refractivity contribution in [2.45, 2.75) is 36.3 Å². The first-order valence-corrected chi connectivity index (χ1v) is 13.0. The molecule has 0 aliphatic carbocycles. The Balaban J connectivity index is 1.33. The van der Waals surface area contributed by atoms with Crippen molar-refractivity contribution in [1.82, 2.24) is 29.8 Å². The largest absolute Gasteiger partial charge is 0.477 e. The molecule has 0 spiro atoms. The van der Waals surface area contributed by atoms with Crippen molar-refractivity contribution in [3.63, 3.8) is 0 Å². The van der Waals surface area contributed by atoms with Crippen LogP contribution in [0, 0.1) is 4.91 Å². The van der Waals surface area contributed by atoms with Gasteiger partial charge in [-0.05, 0) is 36.2 Å². The SMILES string of the molecule is Nc1nc(C(N=O)C(=O)NC2C(=O)N3C(C(=O)O)=C(C=C4CCN(C5CCNC5)C4=O)CSC23)ns1. The summed E-state index contributed by atoms with van der Waals surface area (Å²) in [5.41, 5.74) is 6.17. The van der Waals surface area contributed by atoms with Crippen molar-refractivity contribution in [3.05, 3.63) is 33.7 Å². The second kappa shape index (κ2) is 9.59. The van der Waals surface area contributed by atoms with Gasteiger partial charge in [0, 0.05) is 42.0 Å². The number of fused-ring (bicyclic) bond motifs is 1. The van der Waals surface area contributed by atoms with Crippen LogP contribution in [0.4, 0.5) is 5.13 Å². The Labute approximate surface area is 212 Å². The van der Waals surface area contributed by atoms with Crippen molar-refractivity contribution < 1.29 is 24.3 Å². The van der Waals surface area contributed by atoms with Gasteiger partial charge in [-0.2, -0.15) is 4.37 Å². The molecular weight excluding hydrogens is 512 g/mol.